The van der Waals surface area contributed by atoms with Gasteiger partial charge in [0.15, 0.2) is 5.78 Å². The van der Waals surface area contributed by atoms with Gasteiger partial charge in [-0.3, -0.25) is 4.79 Å². The number of aliphatic hydroxyl groups is 2. The molecule has 3 fully saturated rings. The average molecular weight is 288 g/mol. The monoisotopic (exact) mass is 288 g/mol. The highest BCUT2D eigenvalue weighted by molar-refractivity contribution is 6.01. The second-order valence-electron chi connectivity index (χ2n) is 7.78. The molecule has 4 rings (SSSR count). The number of aliphatic hydroxyl groups excluding tert-OH is 1. The summed E-state index contributed by atoms with van der Waals surface area (Å²) in [6.07, 6.45) is 10.5. The molecule has 0 radical (unpaired) electrons. The van der Waals surface area contributed by atoms with Crippen molar-refractivity contribution in [1.82, 2.24) is 0 Å². The summed E-state index contributed by atoms with van der Waals surface area (Å²) in [6, 6.07) is 0. The molecule has 6 atom stereocenters. The van der Waals surface area contributed by atoms with Gasteiger partial charge in [0, 0.05) is 0 Å². The molecule has 21 heavy (non-hydrogen) atoms. The van der Waals surface area contributed by atoms with Gasteiger partial charge in [-0.15, -0.1) is 0 Å². The second kappa shape index (κ2) is 4.30. The molecule has 3 heteroatoms. The Kier molecular flexibility index (Phi) is 2.81. The van der Waals surface area contributed by atoms with E-state index in [-0.39, 0.29) is 23.2 Å². The Balaban J connectivity index is 1.70. The van der Waals surface area contributed by atoms with Crippen molar-refractivity contribution in [2.24, 2.45) is 23.2 Å². The van der Waals surface area contributed by atoms with E-state index in [4.69, 9.17) is 0 Å². The van der Waals surface area contributed by atoms with Crippen molar-refractivity contribution in [1.29, 1.82) is 0 Å². The van der Waals surface area contributed by atoms with Crippen LogP contribution in [0.15, 0.2) is 23.8 Å². The molecule has 114 valence electrons. The van der Waals surface area contributed by atoms with Gasteiger partial charge >= 0.3 is 0 Å². The van der Waals surface area contributed by atoms with Crippen molar-refractivity contribution < 1.29 is 15.0 Å². The SMILES string of the molecule is C[C@]12CC[C@H]3[C@@H](CCC4=CC(=O)C=C[C@@]43O)[C@@H]1CC[C@@H]2O. The third-order valence-electron chi connectivity index (χ3n) is 7.03. The summed E-state index contributed by atoms with van der Waals surface area (Å²) in [4.78, 5) is 11.6. The maximum atomic E-state index is 11.6. The van der Waals surface area contributed by atoms with Crippen molar-refractivity contribution in [2.75, 3.05) is 0 Å². The van der Waals surface area contributed by atoms with E-state index in [1.165, 1.54) is 6.08 Å². The molecule has 0 aromatic rings. The van der Waals surface area contributed by atoms with Gasteiger partial charge in [0.2, 0.25) is 0 Å². The summed E-state index contributed by atoms with van der Waals surface area (Å²) in [6.45, 7) is 2.24. The first-order valence-electron chi connectivity index (χ1n) is 8.30. The zero-order valence-corrected chi connectivity index (χ0v) is 12.6. The van der Waals surface area contributed by atoms with E-state index in [2.05, 4.69) is 6.92 Å². The van der Waals surface area contributed by atoms with Crippen LogP contribution in [-0.2, 0) is 4.79 Å². The van der Waals surface area contributed by atoms with Gasteiger partial charge in [0.25, 0.3) is 0 Å². The molecule has 4 aliphatic carbocycles. The quantitative estimate of drug-likeness (QED) is 0.719. The lowest BCUT2D eigenvalue weighted by atomic mass is 9.51. The van der Waals surface area contributed by atoms with Crippen LogP contribution >= 0.6 is 0 Å². The molecule has 0 aromatic carbocycles. The molecule has 0 aliphatic heterocycles. The fourth-order valence-electron chi connectivity index (χ4n) is 5.82. The topological polar surface area (TPSA) is 57.5 Å². The van der Waals surface area contributed by atoms with Crippen LogP contribution in [-0.4, -0.2) is 27.7 Å². The van der Waals surface area contributed by atoms with Gasteiger partial charge in [-0.25, -0.2) is 0 Å². The fourth-order valence-corrected chi connectivity index (χ4v) is 5.82. The van der Waals surface area contributed by atoms with Crippen molar-refractivity contribution in [3.8, 4) is 0 Å². The van der Waals surface area contributed by atoms with Gasteiger partial charge in [0.1, 0.15) is 5.60 Å². The lowest BCUT2D eigenvalue weighted by Crippen LogP contribution is -2.54. The van der Waals surface area contributed by atoms with Crippen LogP contribution < -0.4 is 0 Å². The molecule has 0 spiro atoms. The van der Waals surface area contributed by atoms with Crippen LogP contribution in [0.25, 0.3) is 0 Å². The van der Waals surface area contributed by atoms with Crippen LogP contribution in [0.5, 0.6) is 0 Å². The largest absolute Gasteiger partial charge is 0.393 e. The molecule has 0 heterocycles. The first kappa shape index (κ1) is 13.7. The minimum atomic E-state index is -0.911. The normalized spacial score (nSPS) is 52.0. The Bertz CT molecular complexity index is 549. The van der Waals surface area contributed by atoms with Gasteiger partial charge < -0.3 is 10.2 Å². The number of allylic oxidation sites excluding steroid dienone is 2. The van der Waals surface area contributed by atoms with Crippen LogP contribution in [0, 0.1) is 23.2 Å². The summed E-state index contributed by atoms with van der Waals surface area (Å²) in [7, 11) is 0. The zero-order chi connectivity index (χ0) is 14.8. The molecule has 3 saturated carbocycles. The Morgan fingerprint density at radius 2 is 2.00 bits per heavy atom. The zero-order valence-electron chi connectivity index (χ0n) is 12.6. The lowest BCUT2D eigenvalue weighted by molar-refractivity contribution is -0.113. The predicted molar refractivity (Wildman–Crippen MR) is 79.5 cm³/mol. The van der Waals surface area contributed by atoms with Crippen LogP contribution in [0.4, 0.5) is 0 Å². The molecular weight excluding hydrogens is 264 g/mol. The number of fused-ring (bicyclic) bond motifs is 5. The molecule has 2 N–H and O–H groups in total. The third kappa shape index (κ3) is 1.71. The molecule has 0 unspecified atom stereocenters. The molecule has 0 bridgehead atoms. The second-order valence-corrected chi connectivity index (χ2v) is 7.78. The van der Waals surface area contributed by atoms with E-state index in [1.54, 1.807) is 12.2 Å². The molecule has 3 nitrogen and oxygen atoms in total. The van der Waals surface area contributed by atoms with E-state index in [0.717, 1.165) is 44.1 Å². The summed E-state index contributed by atoms with van der Waals surface area (Å²) in [5.41, 5.74) is 0.0388. The summed E-state index contributed by atoms with van der Waals surface area (Å²) in [5.74, 6) is 1.21. The fraction of sp³-hybridized carbons (Fsp3) is 0.722. The highest BCUT2D eigenvalue weighted by Gasteiger charge is 2.59. The predicted octanol–water partition coefficient (Wildman–Crippen LogP) is 2.38. The van der Waals surface area contributed by atoms with Crippen LogP contribution in [0.1, 0.15) is 45.4 Å². The minimum Gasteiger partial charge on any atom is -0.393 e. The van der Waals surface area contributed by atoms with Gasteiger partial charge in [0.05, 0.1) is 6.10 Å². The maximum Gasteiger partial charge on any atom is 0.178 e. The van der Waals surface area contributed by atoms with Crippen LogP contribution in [0.2, 0.25) is 0 Å². The first-order valence-corrected chi connectivity index (χ1v) is 8.30. The highest BCUT2D eigenvalue weighted by atomic mass is 16.3. The van der Waals surface area contributed by atoms with Crippen molar-refractivity contribution in [3.05, 3.63) is 23.8 Å². The molecule has 4 aliphatic rings. The van der Waals surface area contributed by atoms with Crippen molar-refractivity contribution >= 4 is 5.78 Å². The number of hydrogen-bond acceptors (Lipinski definition) is 3. The summed E-state index contributed by atoms with van der Waals surface area (Å²) >= 11 is 0. The summed E-state index contributed by atoms with van der Waals surface area (Å²) in [5, 5.41) is 21.6. The Labute approximate surface area is 125 Å². The van der Waals surface area contributed by atoms with Gasteiger partial charge in [-0.05, 0) is 85.5 Å². The molecule has 0 aromatic heterocycles. The van der Waals surface area contributed by atoms with E-state index in [9.17, 15) is 15.0 Å². The number of carbonyl (C=O) groups is 1. The smallest absolute Gasteiger partial charge is 0.178 e. The average Bonchev–Trinajstić information content (AvgIpc) is 2.76. The van der Waals surface area contributed by atoms with Crippen molar-refractivity contribution in [3.63, 3.8) is 0 Å². The molecule has 0 amide bonds. The molecular formula is C18H24O3. The first-order chi connectivity index (χ1) is 9.95. The Morgan fingerprint density at radius 1 is 1.19 bits per heavy atom. The van der Waals surface area contributed by atoms with Gasteiger partial charge in [-0.1, -0.05) is 6.92 Å². The minimum absolute atomic E-state index is 0.00469. The molecule has 0 saturated heterocycles. The number of ketones is 1. The number of rotatable bonds is 0. The third-order valence-corrected chi connectivity index (χ3v) is 7.03. The summed E-state index contributed by atoms with van der Waals surface area (Å²) < 4.78 is 0. The number of hydrogen-bond donors (Lipinski definition) is 2. The standard InChI is InChI=1S/C18H24O3/c1-17-8-7-15-13(14(17)4-5-16(17)20)3-2-11-10-12(19)6-9-18(11,15)21/h6,9-10,13-16,20-21H,2-5,7-8H2,1H3/t13-,14-,15-,16-,17-,18+/m0/s1. The Morgan fingerprint density at radius 3 is 2.81 bits per heavy atom. The highest BCUT2D eigenvalue weighted by Crippen LogP contribution is 2.62. The van der Waals surface area contributed by atoms with Gasteiger partial charge in [-0.2, -0.15) is 0 Å². The van der Waals surface area contributed by atoms with E-state index >= 15 is 0 Å². The number of carbonyl (C=O) groups excluding carboxylic acids is 1. The Hall–Kier alpha value is -0.930. The van der Waals surface area contributed by atoms with E-state index in [0.29, 0.717) is 11.8 Å². The van der Waals surface area contributed by atoms with Crippen molar-refractivity contribution in [2.45, 2.75) is 57.2 Å². The lowest BCUT2D eigenvalue weighted by Gasteiger charge is -2.55. The van der Waals surface area contributed by atoms with E-state index < -0.39 is 5.60 Å². The van der Waals surface area contributed by atoms with E-state index in [1.807, 2.05) is 0 Å². The maximum absolute atomic E-state index is 11.6. The van der Waals surface area contributed by atoms with Crippen LogP contribution in [0.3, 0.4) is 0 Å².